The number of morpholine rings is 1. The van der Waals surface area contributed by atoms with Gasteiger partial charge in [0.25, 0.3) is 5.91 Å². The molecule has 0 saturated carbocycles. The average molecular weight is 356 g/mol. The number of nitrogens with two attached hydrogens (primary N) is 1. The highest BCUT2D eigenvalue weighted by molar-refractivity contribution is 7.90. The van der Waals surface area contributed by atoms with Crippen LogP contribution >= 0.6 is 0 Å². The summed E-state index contributed by atoms with van der Waals surface area (Å²) in [7, 11) is -3.67. The highest BCUT2D eigenvalue weighted by Crippen LogP contribution is 2.12. The lowest BCUT2D eigenvalue weighted by Crippen LogP contribution is -2.49. The van der Waals surface area contributed by atoms with Crippen molar-refractivity contribution in [3.05, 3.63) is 35.9 Å². The van der Waals surface area contributed by atoms with Crippen LogP contribution in [0, 0.1) is 0 Å². The van der Waals surface area contributed by atoms with Crippen LogP contribution in [0.1, 0.15) is 5.56 Å². The standard InChI is InChI=1S/C15H20N2O6S/c16-15(19)23-13(14(18)17-6-8-22-9-7-17)11-24(20,21)10-12-4-2-1-3-5-12/h1-5,13H,6-11H2,(H2,16,19)/t13-/m0/s1. The van der Waals surface area contributed by atoms with Crippen LogP contribution in [0.25, 0.3) is 0 Å². The maximum Gasteiger partial charge on any atom is 0.405 e. The predicted molar refractivity (Wildman–Crippen MR) is 85.8 cm³/mol. The van der Waals surface area contributed by atoms with E-state index in [2.05, 4.69) is 0 Å². The van der Waals surface area contributed by atoms with Crippen LogP contribution in [-0.4, -0.2) is 63.5 Å². The van der Waals surface area contributed by atoms with Crippen molar-refractivity contribution in [1.82, 2.24) is 4.90 Å². The number of carbonyl (C=O) groups is 2. The Morgan fingerprint density at radius 2 is 1.83 bits per heavy atom. The molecule has 0 bridgehead atoms. The summed E-state index contributed by atoms with van der Waals surface area (Å²) in [5.74, 6) is -1.43. The first kappa shape index (κ1) is 18.2. The number of benzene rings is 1. The van der Waals surface area contributed by atoms with Gasteiger partial charge in [0, 0.05) is 13.1 Å². The molecule has 1 aromatic carbocycles. The summed E-state index contributed by atoms with van der Waals surface area (Å²) >= 11 is 0. The molecule has 1 aliphatic heterocycles. The van der Waals surface area contributed by atoms with Crippen molar-refractivity contribution in [3.63, 3.8) is 0 Å². The number of carbonyl (C=O) groups excluding carboxylic acids is 2. The third-order valence-corrected chi connectivity index (χ3v) is 5.08. The first-order chi connectivity index (χ1) is 11.4. The normalized spacial score (nSPS) is 16.4. The van der Waals surface area contributed by atoms with Crippen LogP contribution in [0.15, 0.2) is 30.3 Å². The molecule has 0 unspecified atom stereocenters. The average Bonchev–Trinajstić information content (AvgIpc) is 2.54. The second kappa shape index (κ2) is 8.11. The van der Waals surface area contributed by atoms with Gasteiger partial charge in [-0.15, -0.1) is 0 Å². The molecule has 0 aliphatic carbocycles. The van der Waals surface area contributed by atoms with E-state index in [0.29, 0.717) is 31.9 Å². The van der Waals surface area contributed by atoms with E-state index in [4.69, 9.17) is 15.2 Å². The van der Waals surface area contributed by atoms with E-state index >= 15 is 0 Å². The Morgan fingerprint density at radius 3 is 2.42 bits per heavy atom. The third-order valence-electron chi connectivity index (χ3n) is 3.49. The molecule has 132 valence electrons. The summed E-state index contributed by atoms with van der Waals surface area (Å²) in [6, 6.07) is 8.57. The highest BCUT2D eigenvalue weighted by atomic mass is 32.2. The minimum absolute atomic E-state index is 0.247. The zero-order valence-corrected chi connectivity index (χ0v) is 13.9. The summed E-state index contributed by atoms with van der Waals surface area (Å²) in [6.45, 7) is 1.34. The van der Waals surface area contributed by atoms with Crippen molar-refractivity contribution in [3.8, 4) is 0 Å². The number of sulfone groups is 1. The second-order valence-electron chi connectivity index (χ2n) is 5.40. The lowest BCUT2D eigenvalue weighted by atomic mass is 10.2. The summed E-state index contributed by atoms with van der Waals surface area (Å²) < 4.78 is 34.6. The van der Waals surface area contributed by atoms with Crippen molar-refractivity contribution in [1.29, 1.82) is 0 Å². The summed E-state index contributed by atoms with van der Waals surface area (Å²) in [6.07, 6.45) is -2.63. The fourth-order valence-corrected chi connectivity index (χ4v) is 3.89. The van der Waals surface area contributed by atoms with E-state index in [1.807, 2.05) is 0 Å². The Morgan fingerprint density at radius 1 is 1.21 bits per heavy atom. The Hall–Kier alpha value is -2.13. The van der Waals surface area contributed by atoms with Gasteiger partial charge < -0.3 is 20.1 Å². The predicted octanol–water partition coefficient (Wildman–Crippen LogP) is -0.0759. The van der Waals surface area contributed by atoms with Crippen molar-refractivity contribution in [2.24, 2.45) is 5.73 Å². The number of ether oxygens (including phenoxy) is 2. The van der Waals surface area contributed by atoms with Gasteiger partial charge in [-0.3, -0.25) is 4.79 Å². The first-order valence-corrected chi connectivity index (χ1v) is 9.26. The molecule has 1 fully saturated rings. The van der Waals surface area contributed by atoms with E-state index in [1.165, 1.54) is 4.90 Å². The maximum absolute atomic E-state index is 12.4. The van der Waals surface area contributed by atoms with Crippen LogP contribution in [0.3, 0.4) is 0 Å². The maximum atomic E-state index is 12.4. The molecule has 24 heavy (non-hydrogen) atoms. The Bertz CT molecular complexity index is 670. The van der Waals surface area contributed by atoms with Crippen molar-refractivity contribution < 1.29 is 27.5 Å². The molecule has 2 rings (SSSR count). The molecule has 2 amide bonds. The fraction of sp³-hybridized carbons (Fsp3) is 0.467. The monoisotopic (exact) mass is 356 g/mol. The minimum atomic E-state index is -3.67. The van der Waals surface area contributed by atoms with Crippen LogP contribution in [0.4, 0.5) is 4.79 Å². The van der Waals surface area contributed by atoms with E-state index in [0.717, 1.165) is 0 Å². The van der Waals surface area contributed by atoms with Gasteiger partial charge in [-0.05, 0) is 5.56 Å². The number of hydrogen-bond donors (Lipinski definition) is 1. The van der Waals surface area contributed by atoms with Crippen molar-refractivity contribution in [2.75, 3.05) is 32.1 Å². The van der Waals surface area contributed by atoms with Crippen molar-refractivity contribution >= 4 is 21.8 Å². The molecule has 1 aliphatic rings. The lowest BCUT2D eigenvalue weighted by molar-refractivity contribution is -0.143. The Kier molecular flexibility index (Phi) is 6.16. The molecule has 0 aromatic heterocycles. The zero-order chi connectivity index (χ0) is 17.6. The SMILES string of the molecule is NC(=O)O[C@@H](CS(=O)(=O)Cc1ccccc1)C(=O)N1CCOCC1. The fourth-order valence-electron chi connectivity index (χ4n) is 2.40. The molecule has 9 heteroatoms. The van der Waals surface area contributed by atoms with Gasteiger partial charge >= 0.3 is 6.09 Å². The molecule has 1 saturated heterocycles. The molecule has 0 spiro atoms. The van der Waals surface area contributed by atoms with Crippen LogP contribution in [-0.2, 0) is 29.9 Å². The smallest absolute Gasteiger partial charge is 0.405 e. The number of amides is 2. The van der Waals surface area contributed by atoms with Gasteiger partial charge in [-0.25, -0.2) is 13.2 Å². The summed E-state index contributed by atoms with van der Waals surface area (Å²) in [5, 5.41) is 0. The van der Waals surface area contributed by atoms with Gasteiger partial charge in [0.05, 0.1) is 24.7 Å². The third kappa shape index (κ3) is 5.50. The largest absolute Gasteiger partial charge is 0.435 e. The zero-order valence-electron chi connectivity index (χ0n) is 13.1. The lowest BCUT2D eigenvalue weighted by Gasteiger charge is -2.29. The van der Waals surface area contributed by atoms with Gasteiger partial charge in [0.15, 0.2) is 15.9 Å². The molecular formula is C15H20N2O6S. The number of rotatable bonds is 6. The molecule has 1 heterocycles. The number of primary amides is 1. The van der Waals surface area contributed by atoms with Crippen LogP contribution in [0.2, 0.25) is 0 Å². The van der Waals surface area contributed by atoms with Crippen molar-refractivity contribution in [2.45, 2.75) is 11.9 Å². The molecule has 0 radical (unpaired) electrons. The number of nitrogens with zero attached hydrogens (tertiary/aromatic N) is 1. The van der Waals surface area contributed by atoms with Gasteiger partial charge in [-0.2, -0.15) is 0 Å². The Labute approximate surface area is 140 Å². The topological polar surface area (TPSA) is 116 Å². The van der Waals surface area contributed by atoms with Gasteiger partial charge in [0.1, 0.15) is 0 Å². The number of hydrogen-bond acceptors (Lipinski definition) is 6. The summed E-state index contributed by atoms with van der Waals surface area (Å²) in [4.78, 5) is 24.9. The molecule has 1 atom stereocenters. The highest BCUT2D eigenvalue weighted by Gasteiger charge is 2.32. The van der Waals surface area contributed by atoms with E-state index in [-0.39, 0.29) is 5.75 Å². The second-order valence-corrected chi connectivity index (χ2v) is 7.51. The summed E-state index contributed by atoms with van der Waals surface area (Å²) in [5.41, 5.74) is 5.57. The van der Waals surface area contributed by atoms with E-state index in [9.17, 15) is 18.0 Å². The molecule has 2 N–H and O–H groups in total. The van der Waals surface area contributed by atoms with E-state index in [1.54, 1.807) is 30.3 Å². The first-order valence-electron chi connectivity index (χ1n) is 7.44. The molecular weight excluding hydrogens is 336 g/mol. The van der Waals surface area contributed by atoms with E-state index < -0.39 is 33.7 Å². The Balaban J connectivity index is 2.09. The quantitative estimate of drug-likeness (QED) is 0.762. The van der Waals surface area contributed by atoms with Gasteiger partial charge in [-0.1, -0.05) is 30.3 Å². The van der Waals surface area contributed by atoms with Gasteiger partial charge in [0.2, 0.25) is 0 Å². The molecule has 1 aromatic rings. The van der Waals surface area contributed by atoms with Crippen LogP contribution in [0.5, 0.6) is 0 Å². The minimum Gasteiger partial charge on any atom is -0.435 e. The molecule has 8 nitrogen and oxygen atoms in total. The van der Waals surface area contributed by atoms with Crippen LogP contribution < -0.4 is 5.73 Å².